The van der Waals surface area contributed by atoms with E-state index in [0.29, 0.717) is 10.8 Å². The van der Waals surface area contributed by atoms with Crippen molar-refractivity contribution in [3.63, 3.8) is 0 Å². The van der Waals surface area contributed by atoms with Crippen LogP contribution in [-0.4, -0.2) is 9.97 Å². The molecule has 0 aliphatic heterocycles. The molecule has 3 nitrogen and oxygen atoms in total. The molecule has 2 heterocycles. The summed E-state index contributed by atoms with van der Waals surface area (Å²) >= 11 is 3.08. The van der Waals surface area contributed by atoms with Crippen LogP contribution in [0.4, 0.5) is 15.2 Å². The van der Waals surface area contributed by atoms with Crippen molar-refractivity contribution in [1.29, 1.82) is 0 Å². The first-order chi connectivity index (χ1) is 9.63. The van der Waals surface area contributed by atoms with Crippen LogP contribution in [0.2, 0.25) is 0 Å². The maximum atomic E-state index is 13.6. The average molecular weight is 305 g/mol. The zero-order chi connectivity index (χ0) is 14.1. The van der Waals surface area contributed by atoms with E-state index in [1.807, 2.05) is 19.2 Å². The Morgan fingerprint density at radius 3 is 2.65 bits per heavy atom. The van der Waals surface area contributed by atoms with Gasteiger partial charge in [-0.2, -0.15) is 0 Å². The third-order valence-corrected chi connectivity index (χ3v) is 4.61. The minimum atomic E-state index is -0.283. The molecule has 0 unspecified atom stereocenters. The van der Waals surface area contributed by atoms with E-state index in [0.717, 1.165) is 21.3 Å². The van der Waals surface area contributed by atoms with Crippen molar-refractivity contribution >= 4 is 33.5 Å². The van der Waals surface area contributed by atoms with Crippen LogP contribution < -0.4 is 5.32 Å². The molecule has 20 heavy (non-hydrogen) atoms. The summed E-state index contributed by atoms with van der Waals surface area (Å²) < 4.78 is 13.6. The van der Waals surface area contributed by atoms with Gasteiger partial charge in [-0.25, -0.2) is 14.4 Å². The molecule has 0 bridgehead atoms. The highest BCUT2D eigenvalue weighted by Gasteiger charge is 2.12. The van der Waals surface area contributed by atoms with Crippen molar-refractivity contribution in [2.45, 2.75) is 13.8 Å². The van der Waals surface area contributed by atoms with Gasteiger partial charge in [0.1, 0.15) is 5.82 Å². The normalized spacial score (nSPS) is 10.8. The number of rotatable bonds is 3. The fourth-order valence-electron chi connectivity index (χ4n) is 1.88. The number of hydrogen-bond acceptors (Lipinski definition) is 5. The van der Waals surface area contributed by atoms with Gasteiger partial charge >= 0.3 is 0 Å². The summed E-state index contributed by atoms with van der Waals surface area (Å²) in [5.74, 6) is -0.283. The molecule has 1 aromatic carbocycles. The van der Waals surface area contributed by atoms with Gasteiger partial charge in [0.25, 0.3) is 0 Å². The molecule has 0 saturated carbocycles. The van der Waals surface area contributed by atoms with Gasteiger partial charge < -0.3 is 5.32 Å². The quantitative estimate of drug-likeness (QED) is 0.757. The number of para-hydroxylation sites is 1. The third-order valence-electron chi connectivity index (χ3n) is 2.76. The average Bonchev–Trinajstić information content (AvgIpc) is 2.99. The van der Waals surface area contributed by atoms with Crippen LogP contribution in [0, 0.1) is 19.7 Å². The Hall–Kier alpha value is -1.79. The predicted octanol–water partition coefficient (Wildman–Crippen LogP) is 4.77. The largest absolute Gasteiger partial charge is 0.329 e. The fourth-order valence-corrected chi connectivity index (χ4v) is 3.55. The first kappa shape index (κ1) is 13.2. The summed E-state index contributed by atoms with van der Waals surface area (Å²) in [4.78, 5) is 9.97. The zero-order valence-corrected chi connectivity index (χ0v) is 12.6. The Morgan fingerprint density at radius 2 is 1.95 bits per heavy atom. The number of hydrogen-bond donors (Lipinski definition) is 1. The van der Waals surface area contributed by atoms with Gasteiger partial charge in [-0.1, -0.05) is 12.1 Å². The van der Waals surface area contributed by atoms with E-state index in [9.17, 15) is 4.39 Å². The van der Waals surface area contributed by atoms with Crippen molar-refractivity contribution in [2.75, 3.05) is 5.32 Å². The standard InChI is InChI=1S/C14H12FN3S2/c1-8-13(20-9(2)16-8)12-7-19-14(18-12)17-11-6-4-3-5-10(11)15/h3-7H,1-2H3,(H,17,18). The predicted molar refractivity (Wildman–Crippen MR) is 82.4 cm³/mol. The van der Waals surface area contributed by atoms with Crippen molar-refractivity contribution in [2.24, 2.45) is 0 Å². The molecule has 1 N–H and O–H groups in total. The van der Waals surface area contributed by atoms with Gasteiger partial charge in [0, 0.05) is 5.38 Å². The smallest absolute Gasteiger partial charge is 0.187 e. The third kappa shape index (κ3) is 2.57. The van der Waals surface area contributed by atoms with Gasteiger partial charge in [-0.3, -0.25) is 0 Å². The van der Waals surface area contributed by atoms with Crippen molar-refractivity contribution in [3.8, 4) is 10.6 Å². The number of aryl methyl sites for hydroxylation is 2. The molecule has 0 amide bonds. The highest BCUT2D eigenvalue weighted by Crippen LogP contribution is 2.33. The molecular formula is C14H12FN3S2. The van der Waals surface area contributed by atoms with E-state index in [4.69, 9.17) is 0 Å². The lowest BCUT2D eigenvalue weighted by molar-refractivity contribution is 0.632. The van der Waals surface area contributed by atoms with E-state index >= 15 is 0 Å². The summed E-state index contributed by atoms with van der Waals surface area (Å²) in [6.07, 6.45) is 0. The Kier molecular flexibility index (Phi) is 3.50. The molecule has 0 radical (unpaired) electrons. The molecule has 0 spiro atoms. The maximum Gasteiger partial charge on any atom is 0.187 e. The van der Waals surface area contributed by atoms with E-state index < -0.39 is 0 Å². The Labute approximate surface area is 124 Å². The Morgan fingerprint density at radius 1 is 1.15 bits per heavy atom. The zero-order valence-electron chi connectivity index (χ0n) is 11.0. The highest BCUT2D eigenvalue weighted by molar-refractivity contribution is 7.16. The van der Waals surface area contributed by atoms with Crippen molar-refractivity contribution in [3.05, 3.63) is 46.2 Å². The number of thiazole rings is 2. The number of anilines is 2. The van der Waals surface area contributed by atoms with Crippen LogP contribution in [0.1, 0.15) is 10.7 Å². The van der Waals surface area contributed by atoms with Crippen molar-refractivity contribution < 1.29 is 4.39 Å². The lowest BCUT2D eigenvalue weighted by atomic mass is 10.3. The molecule has 2 aromatic heterocycles. The fraction of sp³-hybridized carbons (Fsp3) is 0.143. The van der Waals surface area contributed by atoms with Crippen LogP contribution >= 0.6 is 22.7 Å². The van der Waals surface area contributed by atoms with Crippen LogP contribution in [0.3, 0.4) is 0 Å². The summed E-state index contributed by atoms with van der Waals surface area (Å²) in [5, 5.41) is 6.67. The number of nitrogens with zero attached hydrogens (tertiary/aromatic N) is 2. The first-order valence-corrected chi connectivity index (χ1v) is 7.74. The maximum absolute atomic E-state index is 13.6. The summed E-state index contributed by atoms with van der Waals surface area (Å²) in [6.45, 7) is 3.95. The van der Waals surface area contributed by atoms with Crippen LogP contribution in [-0.2, 0) is 0 Å². The SMILES string of the molecule is Cc1nc(C)c(-c2csc(Nc3ccccc3F)n2)s1. The molecule has 0 aliphatic carbocycles. The highest BCUT2D eigenvalue weighted by atomic mass is 32.1. The minimum Gasteiger partial charge on any atom is -0.329 e. The lowest BCUT2D eigenvalue weighted by Crippen LogP contribution is -1.92. The minimum absolute atomic E-state index is 0.283. The molecule has 3 aromatic rings. The molecule has 0 atom stereocenters. The van der Waals surface area contributed by atoms with Crippen molar-refractivity contribution in [1.82, 2.24) is 9.97 Å². The first-order valence-electron chi connectivity index (χ1n) is 6.05. The molecular weight excluding hydrogens is 293 g/mol. The van der Waals surface area contributed by atoms with E-state index in [1.54, 1.807) is 29.5 Å². The van der Waals surface area contributed by atoms with Gasteiger partial charge in [-0.05, 0) is 26.0 Å². The number of halogens is 1. The van der Waals surface area contributed by atoms with Crippen LogP contribution in [0.15, 0.2) is 29.6 Å². The Balaban J connectivity index is 1.88. The molecule has 0 aliphatic rings. The molecule has 6 heteroatoms. The van der Waals surface area contributed by atoms with Crippen LogP contribution in [0.5, 0.6) is 0 Å². The van der Waals surface area contributed by atoms with E-state index in [2.05, 4.69) is 15.3 Å². The molecule has 0 saturated heterocycles. The summed E-state index contributed by atoms with van der Waals surface area (Å²) in [7, 11) is 0. The van der Waals surface area contributed by atoms with Gasteiger partial charge in [0.15, 0.2) is 5.13 Å². The van der Waals surface area contributed by atoms with Gasteiger partial charge in [-0.15, -0.1) is 22.7 Å². The number of aromatic nitrogens is 2. The number of benzene rings is 1. The lowest BCUT2D eigenvalue weighted by Gasteiger charge is -2.02. The second-order valence-electron chi connectivity index (χ2n) is 4.29. The molecule has 102 valence electrons. The topological polar surface area (TPSA) is 37.8 Å². The van der Waals surface area contributed by atoms with E-state index in [1.165, 1.54) is 17.4 Å². The van der Waals surface area contributed by atoms with E-state index in [-0.39, 0.29) is 5.82 Å². The van der Waals surface area contributed by atoms with Crippen LogP contribution in [0.25, 0.3) is 10.6 Å². The van der Waals surface area contributed by atoms with Gasteiger partial charge in [0.05, 0.1) is 27.0 Å². The number of nitrogens with one attached hydrogen (secondary N) is 1. The summed E-state index contributed by atoms with van der Waals surface area (Å²) in [6, 6.07) is 6.57. The Bertz CT molecular complexity index is 748. The second kappa shape index (κ2) is 5.30. The molecule has 3 rings (SSSR count). The molecule has 0 fully saturated rings. The second-order valence-corrected chi connectivity index (χ2v) is 6.35. The monoisotopic (exact) mass is 305 g/mol. The van der Waals surface area contributed by atoms with Gasteiger partial charge in [0.2, 0.25) is 0 Å². The summed E-state index contributed by atoms with van der Waals surface area (Å²) in [5.41, 5.74) is 2.30.